The molecular weight excluding hydrogens is 152 g/mol. The highest BCUT2D eigenvalue weighted by Crippen LogP contribution is 2.40. The molecule has 0 N–H and O–H groups in total. The van der Waals surface area contributed by atoms with Crippen molar-refractivity contribution >= 4 is 11.6 Å². The van der Waals surface area contributed by atoms with E-state index in [2.05, 4.69) is 20.8 Å². The smallest absolute Gasteiger partial charge is 0.201 e. The van der Waals surface area contributed by atoms with Gasteiger partial charge < -0.3 is 0 Å². The summed E-state index contributed by atoms with van der Waals surface area (Å²) in [5.74, 6) is -0.156. The molecule has 68 valence electrons. The first-order valence-electron chi connectivity index (χ1n) is 4.43. The van der Waals surface area contributed by atoms with Gasteiger partial charge in [0.15, 0.2) is 5.78 Å². The summed E-state index contributed by atoms with van der Waals surface area (Å²) in [7, 11) is 0. The number of Topliss-reactive ketones (excluding diaryl/α,β-unsaturated/α-hetero) is 2. The molecule has 0 aromatic heterocycles. The lowest BCUT2D eigenvalue weighted by atomic mass is 9.64. The van der Waals surface area contributed by atoms with Crippen LogP contribution in [0.3, 0.4) is 0 Å². The lowest BCUT2D eigenvalue weighted by Crippen LogP contribution is -2.42. The molecule has 2 unspecified atom stereocenters. The minimum absolute atomic E-state index is 0.00951. The number of ketones is 2. The number of rotatable bonds is 0. The average Bonchev–Trinajstić information content (AvgIpc) is 1.97. The third kappa shape index (κ3) is 1.30. The molecule has 0 aromatic carbocycles. The minimum Gasteiger partial charge on any atom is -0.291 e. The molecule has 0 spiro atoms. The summed E-state index contributed by atoms with van der Waals surface area (Å²) in [6, 6.07) is 0. The molecule has 1 fully saturated rings. The van der Waals surface area contributed by atoms with Crippen molar-refractivity contribution in [2.75, 3.05) is 0 Å². The van der Waals surface area contributed by atoms with Crippen LogP contribution in [0.4, 0.5) is 0 Å². The van der Waals surface area contributed by atoms with Crippen LogP contribution in [0.1, 0.15) is 34.1 Å². The van der Waals surface area contributed by atoms with Crippen molar-refractivity contribution in [3.05, 3.63) is 0 Å². The molecule has 12 heavy (non-hydrogen) atoms. The summed E-state index contributed by atoms with van der Waals surface area (Å²) in [4.78, 5) is 22.5. The van der Waals surface area contributed by atoms with E-state index in [1.54, 1.807) is 0 Å². The molecule has 0 aromatic rings. The topological polar surface area (TPSA) is 34.1 Å². The number of hydrogen-bond acceptors (Lipinski definition) is 2. The fraction of sp³-hybridized carbons (Fsp3) is 0.800. The average molecular weight is 168 g/mol. The first-order valence-corrected chi connectivity index (χ1v) is 4.43. The third-order valence-corrected chi connectivity index (χ3v) is 3.29. The van der Waals surface area contributed by atoms with Gasteiger partial charge in [-0.1, -0.05) is 27.7 Å². The molecule has 0 saturated heterocycles. The zero-order chi connectivity index (χ0) is 9.52. The third-order valence-electron chi connectivity index (χ3n) is 3.29. The zero-order valence-corrected chi connectivity index (χ0v) is 8.18. The van der Waals surface area contributed by atoms with Crippen LogP contribution in [0.5, 0.6) is 0 Å². The summed E-state index contributed by atoms with van der Waals surface area (Å²) in [5.41, 5.74) is -0.00951. The van der Waals surface area contributed by atoms with Gasteiger partial charge in [0.1, 0.15) is 0 Å². The molecule has 2 heteroatoms. The van der Waals surface area contributed by atoms with E-state index in [4.69, 9.17) is 0 Å². The predicted molar refractivity (Wildman–Crippen MR) is 46.7 cm³/mol. The molecule has 1 rings (SSSR count). The van der Waals surface area contributed by atoms with Gasteiger partial charge >= 0.3 is 0 Å². The van der Waals surface area contributed by atoms with Crippen LogP contribution in [0.25, 0.3) is 0 Å². The highest BCUT2D eigenvalue weighted by atomic mass is 16.2. The van der Waals surface area contributed by atoms with Gasteiger partial charge in [0.05, 0.1) is 0 Å². The van der Waals surface area contributed by atoms with E-state index in [0.717, 1.165) is 0 Å². The number of carbonyl (C=O) groups excluding carboxylic acids is 2. The van der Waals surface area contributed by atoms with Crippen LogP contribution in [-0.2, 0) is 9.59 Å². The SMILES string of the molecule is CC1C(=O)C(=O)CC(C)(C)C1C. The quantitative estimate of drug-likeness (QED) is 0.517. The zero-order valence-electron chi connectivity index (χ0n) is 8.18. The molecule has 0 heterocycles. The van der Waals surface area contributed by atoms with Gasteiger partial charge in [-0.05, 0) is 11.3 Å². The van der Waals surface area contributed by atoms with E-state index in [1.165, 1.54) is 0 Å². The largest absolute Gasteiger partial charge is 0.291 e. The van der Waals surface area contributed by atoms with E-state index in [-0.39, 0.29) is 22.9 Å². The van der Waals surface area contributed by atoms with Crippen LogP contribution in [0.2, 0.25) is 0 Å². The Hall–Kier alpha value is -0.660. The lowest BCUT2D eigenvalue weighted by Gasteiger charge is -2.38. The Morgan fingerprint density at radius 1 is 1.25 bits per heavy atom. The van der Waals surface area contributed by atoms with Gasteiger partial charge in [-0.2, -0.15) is 0 Å². The number of hydrogen-bond donors (Lipinski definition) is 0. The van der Waals surface area contributed by atoms with E-state index in [9.17, 15) is 9.59 Å². The van der Waals surface area contributed by atoms with Gasteiger partial charge in [-0.25, -0.2) is 0 Å². The van der Waals surface area contributed by atoms with Gasteiger partial charge in [-0.15, -0.1) is 0 Å². The van der Waals surface area contributed by atoms with Crippen molar-refractivity contribution in [3.8, 4) is 0 Å². The van der Waals surface area contributed by atoms with E-state index in [0.29, 0.717) is 12.3 Å². The molecule has 0 bridgehead atoms. The summed E-state index contributed by atoms with van der Waals surface area (Å²) < 4.78 is 0. The van der Waals surface area contributed by atoms with Crippen molar-refractivity contribution in [1.29, 1.82) is 0 Å². The van der Waals surface area contributed by atoms with E-state index >= 15 is 0 Å². The second kappa shape index (κ2) is 2.68. The van der Waals surface area contributed by atoms with E-state index < -0.39 is 0 Å². The Bertz CT molecular complexity index is 228. The molecule has 0 aliphatic heterocycles. The van der Waals surface area contributed by atoms with Gasteiger partial charge in [-0.3, -0.25) is 9.59 Å². The number of carbonyl (C=O) groups is 2. The molecule has 1 aliphatic rings. The lowest BCUT2D eigenvalue weighted by molar-refractivity contribution is -0.146. The van der Waals surface area contributed by atoms with Crippen molar-refractivity contribution in [1.82, 2.24) is 0 Å². The fourth-order valence-electron chi connectivity index (χ4n) is 1.82. The Kier molecular flexibility index (Phi) is 2.11. The summed E-state index contributed by atoms with van der Waals surface area (Å²) in [6.45, 7) is 8.01. The first-order chi connectivity index (χ1) is 5.36. The highest BCUT2D eigenvalue weighted by Gasteiger charge is 2.42. The molecule has 2 nitrogen and oxygen atoms in total. The highest BCUT2D eigenvalue weighted by molar-refractivity contribution is 6.38. The van der Waals surface area contributed by atoms with Crippen LogP contribution in [-0.4, -0.2) is 11.6 Å². The molecule has 0 amide bonds. The van der Waals surface area contributed by atoms with E-state index in [1.807, 2.05) is 6.92 Å². The second-order valence-electron chi connectivity index (χ2n) is 4.53. The van der Waals surface area contributed by atoms with Crippen LogP contribution in [0.15, 0.2) is 0 Å². The Labute approximate surface area is 73.3 Å². The normalized spacial score (nSPS) is 35.3. The standard InChI is InChI=1S/C10H16O2/c1-6-7(2)10(3,4)5-8(11)9(6)12/h6-7H,5H2,1-4H3. The maximum atomic E-state index is 11.3. The fourth-order valence-corrected chi connectivity index (χ4v) is 1.82. The molecule has 2 atom stereocenters. The molecular formula is C10H16O2. The van der Waals surface area contributed by atoms with Gasteiger partial charge in [0, 0.05) is 12.3 Å². The Balaban J connectivity index is 2.93. The maximum absolute atomic E-state index is 11.3. The minimum atomic E-state index is -0.189. The summed E-state index contributed by atoms with van der Waals surface area (Å²) in [5, 5.41) is 0. The summed E-state index contributed by atoms with van der Waals surface area (Å²) >= 11 is 0. The molecule has 0 radical (unpaired) electrons. The Morgan fingerprint density at radius 2 is 1.75 bits per heavy atom. The van der Waals surface area contributed by atoms with Crippen molar-refractivity contribution in [2.24, 2.45) is 17.3 Å². The van der Waals surface area contributed by atoms with Crippen LogP contribution < -0.4 is 0 Å². The van der Waals surface area contributed by atoms with Gasteiger partial charge in [0.25, 0.3) is 0 Å². The van der Waals surface area contributed by atoms with Crippen molar-refractivity contribution < 1.29 is 9.59 Å². The molecule has 1 aliphatic carbocycles. The predicted octanol–water partition coefficient (Wildman–Crippen LogP) is 1.83. The van der Waals surface area contributed by atoms with Crippen LogP contribution in [0, 0.1) is 17.3 Å². The van der Waals surface area contributed by atoms with Crippen molar-refractivity contribution in [2.45, 2.75) is 34.1 Å². The van der Waals surface area contributed by atoms with Crippen LogP contribution >= 0.6 is 0 Å². The summed E-state index contributed by atoms with van der Waals surface area (Å²) in [6.07, 6.45) is 0.414. The second-order valence-corrected chi connectivity index (χ2v) is 4.53. The monoisotopic (exact) mass is 168 g/mol. The van der Waals surface area contributed by atoms with Gasteiger partial charge in [0.2, 0.25) is 5.78 Å². The molecule has 1 saturated carbocycles. The first kappa shape index (κ1) is 9.43. The maximum Gasteiger partial charge on any atom is 0.201 e. The van der Waals surface area contributed by atoms with Crippen molar-refractivity contribution in [3.63, 3.8) is 0 Å². The Morgan fingerprint density at radius 3 is 2.25 bits per heavy atom.